The van der Waals surface area contributed by atoms with Crippen LogP contribution in [0.15, 0.2) is 17.2 Å². The molecule has 1 saturated carbocycles. The van der Waals surface area contributed by atoms with Crippen molar-refractivity contribution in [3.05, 3.63) is 28.3 Å². The van der Waals surface area contributed by atoms with Crippen molar-refractivity contribution in [2.45, 2.75) is 44.9 Å². The monoisotopic (exact) mass is 390 g/mol. The molecule has 2 aromatic rings. The molecule has 0 atom stereocenters. The maximum Gasteiger partial charge on any atom is 0.216 e. The van der Waals surface area contributed by atoms with E-state index in [2.05, 4.69) is 15.3 Å². The topological polar surface area (TPSA) is 73.7 Å². The van der Waals surface area contributed by atoms with Gasteiger partial charge in [0.2, 0.25) is 10.5 Å². The first-order valence-corrected chi connectivity index (χ1v) is 9.69. The minimum atomic E-state index is 0.397. The van der Waals surface area contributed by atoms with Gasteiger partial charge in [-0.05, 0) is 44.1 Å². The maximum atomic E-state index is 5.64. The van der Waals surface area contributed by atoms with Gasteiger partial charge in [0.25, 0.3) is 0 Å². The highest BCUT2D eigenvalue weighted by Gasteiger charge is 2.21. The third-order valence-corrected chi connectivity index (χ3v) is 5.00. The molecule has 0 unspecified atom stereocenters. The summed E-state index contributed by atoms with van der Waals surface area (Å²) in [6.07, 6.45) is 7.72. The van der Waals surface area contributed by atoms with E-state index < -0.39 is 0 Å². The van der Waals surface area contributed by atoms with Crippen molar-refractivity contribution in [1.29, 1.82) is 0 Å². The third-order valence-electron chi connectivity index (χ3n) is 4.74. The van der Waals surface area contributed by atoms with Gasteiger partial charge >= 0.3 is 0 Å². The minimum Gasteiger partial charge on any atom is -0.493 e. The first kappa shape index (κ1) is 19.4. The molecule has 1 aromatic heterocycles. The van der Waals surface area contributed by atoms with Crippen LogP contribution in [0, 0.1) is 4.77 Å². The van der Waals surface area contributed by atoms with Crippen molar-refractivity contribution in [3.8, 4) is 17.2 Å². The van der Waals surface area contributed by atoms with Gasteiger partial charge in [0.05, 0.1) is 27.0 Å². The molecule has 0 radical (unpaired) electrons. The number of nitrogens with zero attached hydrogens (tertiary/aromatic N) is 3. The van der Waals surface area contributed by atoms with Gasteiger partial charge in [-0.15, -0.1) is 0 Å². The van der Waals surface area contributed by atoms with E-state index in [0.29, 0.717) is 34.5 Å². The van der Waals surface area contributed by atoms with Crippen LogP contribution in [0.1, 0.15) is 56.3 Å². The molecule has 8 heteroatoms. The van der Waals surface area contributed by atoms with Gasteiger partial charge < -0.3 is 14.2 Å². The number of H-pyrrole nitrogens is 1. The van der Waals surface area contributed by atoms with E-state index >= 15 is 0 Å². The molecular weight excluding hydrogens is 364 g/mol. The number of hydrogen-bond donors (Lipinski definition) is 1. The lowest BCUT2D eigenvalue weighted by Gasteiger charge is -2.19. The Bertz CT molecular complexity index is 828. The standard InChI is InChI=1S/C19H26N4O3S/c1-4-26-17-15(24-2)10-13(11-16(17)25-3)12-20-23-18(21-22-19(23)27)14-8-6-5-7-9-14/h10-12,14H,4-9H2,1-3H3,(H,22,27)/b20-12-. The number of benzene rings is 1. The summed E-state index contributed by atoms with van der Waals surface area (Å²) in [5.41, 5.74) is 0.824. The molecule has 0 saturated heterocycles. The van der Waals surface area contributed by atoms with E-state index in [-0.39, 0.29) is 0 Å². The summed E-state index contributed by atoms with van der Waals surface area (Å²) in [5, 5.41) is 11.9. The molecule has 0 amide bonds. The predicted molar refractivity (Wildman–Crippen MR) is 107 cm³/mol. The van der Waals surface area contributed by atoms with Crippen LogP contribution in [0.4, 0.5) is 0 Å². The smallest absolute Gasteiger partial charge is 0.216 e. The first-order chi connectivity index (χ1) is 13.2. The molecule has 27 heavy (non-hydrogen) atoms. The van der Waals surface area contributed by atoms with Crippen LogP contribution in [0.25, 0.3) is 0 Å². The number of rotatable bonds is 7. The highest BCUT2D eigenvalue weighted by molar-refractivity contribution is 7.71. The van der Waals surface area contributed by atoms with Crippen LogP contribution in [0.3, 0.4) is 0 Å². The lowest BCUT2D eigenvalue weighted by molar-refractivity contribution is 0.288. The molecule has 1 aliphatic rings. The molecule has 7 nitrogen and oxygen atoms in total. The van der Waals surface area contributed by atoms with Crippen molar-refractivity contribution < 1.29 is 14.2 Å². The van der Waals surface area contributed by atoms with Crippen LogP contribution in [-0.4, -0.2) is 41.9 Å². The Morgan fingerprint density at radius 2 is 1.89 bits per heavy atom. The molecule has 146 valence electrons. The molecule has 1 N–H and O–H groups in total. The Balaban J connectivity index is 1.92. The minimum absolute atomic E-state index is 0.397. The molecule has 1 aliphatic carbocycles. The van der Waals surface area contributed by atoms with E-state index in [9.17, 15) is 0 Å². The van der Waals surface area contributed by atoms with Gasteiger partial charge in [0.1, 0.15) is 0 Å². The Labute approximate surface area is 164 Å². The summed E-state index contributed by atoms with van der Waals surface area (Å²) < 4.78 is 18.8. The molecular formula is C19H26N4O3S. The lowest BCUT2D eigenvalue weighted by atomic mass is 9.89. The Morgan fingerprint density at radius 3 is 2.48 bits per heavy atom. The van der Waals surface area contributed by atoms with Gasteiger partial charge in [0.15, 0.2) is 17.3 Å². The van der Waals surface area contributed by atoms with Crippen LogP contribution < -0.4 is 14.2 Å². The zero-order valence-electron chi connectivity index (χ0n) is 16.0. The van der Waals surface area contributed by atoms with E-state index in [1.807, 2.05) is 19.1 Å². The SMILES string of the molecule is CCOc1c(OC)cc(/C=N\n2c(C3CCCCC3)n[nH]c2=S)cc1OC. The fourth-order valence-electron chi connectivity index (χ4n) is 3.43. The van der Waals surface area contributed by atoms with E-state index in [1.165, 1.54) is 19.3 Å². The Hall–Kier alpha value is -2.35. The fraction of sp³-hybridized carbons (Fsp3) is 0.526. The highest BCUT2D eigenvalue weighted by Crippen LogP contribution is 2.38. The molecule has 0 spiro atoms. The van der Waals surface area contributed by atoms with Crippen LogP contribution in [0.2, 0.25) is 0 Å². The average Bonchev–Trinajstić information content (AvgIpc) is 3.08. The number of hydrogen-bond acceptors (Lipinski definition) is 6. The van der Waals surface area contributed by atoms with Crippen molar-refractivity contribution in [1.82, 2.24) is 14.9 Å². The van der Waals surface area contributed by atoms with Gasteiger partial charge in [0, 0.05) is 11.5 Å². The normalized spacial score (nSPS) is 15.2. The van der Waals surface area contributed by atoms with Crippen LogP contribution in [-0.2, 0) is 0 Å². The number of nitrogens with one attached hydrogen (secondary N) is 1. The summed E-state index contributed by atoms with van der Waals surface area (Å²) in [7, 11) is 3.21. The van der Waals surface area contributed by atoms with Crippen molar-refractivity contribution in [2.24, 2.45) is 5.10 Å². The molecule has 3 rings (SSSR count). The predicted octanol–water partition coefficient (Wildman–Crippen LogP) is 4.29. The zero-order valence-corrected chi connectivity index (χ0v) is 16.8. The van der Waals surface area contributed by atoms with Gasteiger partial charge in [-0.1, -0.05) is 19.3 Å². The summed E-state index contributed by atoms with van der Waals surface area (Å²) in [6, 6.07) is 3.72. The second-order valence-corrected chi connectivity index (χ2v) is 6.85. The van der Waals surface area contributed by atoms with Gasteiger partial charge in [-0.25, -0.2) is 0 Å². The van der Waals surface area contributed by atoms with Gasteiger partial charge in [-0.2, -0.15) is 14.9 Å². The largest absolute Gasteiger partial charge is 0.493 e. The molecule has 1 fully saturated rings. The number of aromatic nitrogens is 3. The van der Waals surface area contributed by atoms with Crippen molar-refractivity contribution >= 4 is 18.4 Å². The number of ether oxygens (including phenoxy) is 3. The van der Waals surface area contributed by atoms with Crippen LogP contribution >= 0.6 is 12.2 Å². The summed E-state index contributed by atoms with van der Waals surface area (Å²) >= 11 is 5.37. The molecule has 1 heterocycles. The summed E-state index contributed by atoms with van der Waals surface area (Å²) in [4.78, 5) is 0. The number of aromatic amines is 1. The molecule has 0 aliphatic heterocycles. The summed E-state index contributed by atoms with van der Waals surface area (Å²) in [5.74, 6) is 3.08. The zero-order chi connectivity index (χ0) is 19.2. The Kier molecular flexibility index (Phi) is 6.49. The highest BCUT2D eigenvalue weighted by atomic mass is 32.1. The fourth-order valence-corrected chi connectivity index (χ4v) is 3.61. The average molecular weight is 391 g/mol. The van der Waals surface area contributed by atoms with E-state index in [4.69, 9.17) is 26.4 Å². The summed E-state index contributed by atoms with van der Waals surface area (Å²) in [6.45, 7) is 2.44. The second kappa shape index (κ2) is 9.03. The van der Waals surface area contributed by atoms with Crippen molar-refractivity contribution in [3.63, 3.8) is 0 Å². The Morgan fingerprint density at radius 1 is 1.22 bits per heavy atom. The van der Waals surface area contributed by atoms with E-state index in [1.54, 1.807) is 25.1 Å². The first-order valence-electron chi connectivity index (χ1n) is 9.28. The quantitative estimate of drug-likeness (QED) is 0.564. The van der Waals surface area contributed by atoms with E-state index in [0.717, 1.165) is 24.2 Å². The van der Waals surface area contributed by atoms with Crippen molar-refractivity contribution in [2.75, 3.05) is 20.8 Å². The molecule has 1 aromatic carbocycles. The second-order valence-electron chi connectivity index (χ2n) is 6.47. The third kappa shape index (κ3) is 4.32. The molecule has 0 bridgehead atoms. The maximum absolute atomic E-state index is 5.64. The number of methoxy groups -OCH3 is 2. The van der Waals surface area contributed by atoms with Gasteiger partial charge in [-0.3, -0.25) is 5.10 Å². The lowest BCUT2D eigenvalue weighted by Crippen LogP contribution is -2.10. The van der Waals surface area contributed by atoms with Crippen LogP contribution in [0.5, 0.6) is 17.2 Å².